The van der Waals surface area contributed by atoms with E-state index in [1.807, 2.05) is 43.4 Å². The predicted octanol–water partition coefficient (Wildman–Crippen LogP) is 3.85. The molecule has 1 saturated heterocycles. The molecule has 0 atom stereocenters. The van der Waals surface area contributed by atoms with E-state index in [1.54, 1.807) is 6.20 Å². The number of aromatic nitrogens is 2. The van der Waals surface area contributed by atoms with Gasteiger partial charge in [-0.05, 0) is 44.4 Å². The highest BCUT2D eigenvalue weighted by molar-refractivity contribution is 9.10. The van der Waals surface area contributed by atoms with Gasteiger partial charge in [0.2, 0.25) is 5.91 Å². The molecule has 7 heteroatoms. The molecule has 2 heterocycles. The highest BCUT2D eigenvalue weighted by Gasteiger charge is 2.24. The van der Waals surface area contributed by atoms with E-state index < -0.39 is 0 Å². The second kappa shape index (κ2) is 9.26. The maximum absolute atomic E-state index is 12.8. The van der Waals surface area contributed by atoms with Crippen molar-refractivity contribution < 1.29 is 14.3 Å². The van der Waals surface area contributed by atoms with Crippen molar-refractivity contribution in [3.63, 3.8) is 0 Å². The second-order valence-electron chi connectivity index (χ2n) is 6.56. The summed E-state index contributed by atoms with van der Waals surface area (Å²) in [4.78, 5) is 18.9. The standard InChI is InChI=1S/C20H26BrN3O3/c1-3-26-18-11-15(17(21)13-19(18)27-4-2)12-20(25)23-8-5-16(6-9-23)24-10-7-22-14-24/h7,10-11,13-14,16H,3-6,8-9,12H2,1-2H3. The van der Waals surface area contributed by atoms with Gasteiger partial charge in [-0.3, -0.25) is 4.79 Å². The average molecular weight is 436 g/mol. The monoisotopic (exact) mass is 435 g/mol. The van der Waals surface area contributed by atoms with Crippen LogP contribution in [0.2, 0.25) is 0 Å². The van der Waals surface area contributed by atoms with Gasteiger partial charge in [-0.15, -0.1) is 0 Å². The number of nitrogens with zero attached hydrogens (tertiary/aromatic N) is 3. The van der Waals surface area contributed by atoms with Crippen LogP contribution in [0.1, 0.15) is 38.3 Å². The van der Waals surface area contributed by atoms with E-state index >= 15 is 0 Å². The zero-order chi connectivity index (χ0) is 19.2. The van der Waals surface area contributed by atoms with Crippen LogP contribution in [-0.2, 0) is 11.2 Å². The fourth-order valence-corrected chi connectivity index (χ4v) is 3.89. The van der Waals surface area contributed by atoms with E-state index in [0.29, 0.717) is 37.2 Å². The fraction of sp³-hybridized carbons (Fsp3) is 0.500. The molecule has 1 aliphatic heterocycles. The molecule has 0 aliphatic carbocycles. The largest absolute Gasteiger partial charge is 0.490 e. The molecule has 6 nitrogen and oxygen atoms in total. The van der Waals surface area contributed by atoms with Crippen molar-refractivity contribution in [2.24, 2.45) is 0 Å². The highest BCUT2D eigenvalue weighted by atomic mass is 79.9. The Bertz CT molecular complexity index is 756. The zero-order valence-corrected chi connectivity index (χ0v) is 17.4. The van der Waals surface area contributed by atoms with Crippen LogP contribution in [0.4, 0.5) is 0 Å². The van der Waals surface area contributed by atoms with Crippen molar-refractivity contribution >= 4 is 21.8 Å². The summed E-state index contributed by atoms with van der Waals surface area (Å²) < 4.78 is 14.3. The quantitative estimate of drug-likeness (QED) is 0.662. The van der Waals surface area contributed by atoms with E-state index in [0.717, 1.165) is 36.0 Å². The lowest BCUT2D eigenvalue weighted by Gasteiger charge is -2.32. The first-order valence-electron chi connectivity index (χ1n) is 9.45. The second-order valence-corrected chi connectivity index (χ2v) is 7.41. The highest BCUT2D eigenvalue weighted by Crippen LogP contribution is 2.34. The van der Waals surface area contributed by atoms with Gasteiger partial charge in [0.25, 0.3) is 0 Å². The molecule has 0 saturated carbocycles. The van der Waals surface area contributed by atoms with Crippen molar-refractivity contribution in [3.05, 3.63) is 40.9 Å². The zero-order valence-electron chi connectivity index (χ0n) is 15.9. The van der Waals surface area contributed by atoms with Gasteiger partial charge < -0.3 is 18.9 Å². The van der Waals surface area contributed by atoms with Crippen LogP contribution in [0.15, 0.2) is 35.3 Å². The molecule has 0 unspecified atom stereocenters. The van der Waals surface area contributed by atoms with Gasteiger partial charge in [0, 0.05) is 36.0 Å². The summed E-state index contributed by atoms with van der Waals surface area (Å²) in [6.07, 6.45) is 7.91. The van der Waals surface area contributed by atoms with Gasteiger partial charge >= 0.3 is 0 Å². The van der Waals surface area contributed by atoms with E-state index in [2.05, 4.69) is 25.5 Å². The first-order chi connectivity index (χ1) is 13.1. The predicted molar refractivity (Wildman–Crippen MR) is 107 cm³/mol. The molecule has 1 aliphatic rings. The van der Waals surface area contributed by atoms with Gasteiger partial charge in [0.05, 0.1) is 26.0 Å². The Morgan fingerprint density at radius 3 is 2.44 bits per heavy atom. The lowest BCUT2D eigenvalue weighted by atomic mass is 10.0. The van der Waals surface area contributed by atoms with E-state index in [-0.39, 0.29) is 5.91 Å². The van der Waals surface area contributed by atoms with Crippen LogP contribution in [0.3, 0.4) is 0 Å². The molecular formula is C20H26BrN3O3. The smallest absolute Gasteiger partial charge is 0.227 e. The molecule has 0 radical (unpaired) electrons. The number of rotatable bonds is 7. The maximum atomic E-state index is 12.8. The number of hydrogen-bond donors (Lipinski definition) is 0. The molecule has 3 rings (SSSR count). The van der Waals surface area contributed by atoms with Gasteiger partial charge in [-0.25, -0.2) is 4.98 Å². The summed E-state index contributed by atoms with van der Waals surface area (Å²) in [5.74, 6) is 1.53. The van der Waals surface area contributed by atoms with E-state index in [4.69, 9.17) is 9.47 Å². The number of benzene rings is 1. The number of likely N-dealkylation sites (tertiary alicyclic amines) is 1. The minimum atomic E-state index is 0.145. The molecular weight excluding hydrogens is 410 g/mol. The average Bonchev–Trinajstić information content (AvgIpc) is 3.20. The Hall–Kier alpha value is -2.02. The molecule has 0 N–H and O–H groups in total. The van der Waals surface area contributed by atoms with Crippen LogP contribution in [0, 0.1) is 0 Å². The van der Waals surface area contributed by atoms with Gasteiger partial charge in [-0.1, -0.05) is 15.9 Å². The molecule has 27 heavy (non-hydrogen) atoms. The van der Waals surface area contributed by atoms with Gasteiger partial charge in [0.1, 0.15) is 0 Å². The molecule has 146 valence electrons. The summed E-state index contributed by atoms with van der Waals surface area (Å²) in [6.45, 7) is 6.54. The van der Waals surface area contributed by atoms with Crippen LogP contribution < -0.4 is 9.47 Å². The van der Waals surface area contributed by atoms with Crippen LogP contribution >= 0.6 is 15.9 Å². The van der Waals surface area contributed by atoms with Crippen molar-refractivity contribution in [1.82, 2.24) is 14.5 Å². The number of imidazole rings is 1. The SMILES string of the molecule is CCOc1cc(Br)c(CC(=O)N2CCC(n3ccnc3)CC2)cc1OCC. The summed E-state index contributed by atoms with van der Waals surface area (Å²) >= 11 is 3.57. The third kappa shape index (κ3) is 4.83. The molecule has 0 bridgehead atoms. The Labute approximate surface area is 168 Å². The number of piperidine rings is 1. The van der Waals surface area contributed by atoms with Gasteiger partial charge in [0.15, 0.2) is 11.5 Å². The number of carbonyl (C=O) groups excluding carboxylic acids is 1. The van der Waals surface area contributed by atoms with Crippen molar-refractivity contribution in [3.8, 4) is 11.5 Å². The molecule has 1 amide bonds. The Balaban J connectivity index is 1.64. The molecule has 1 aromatic carbocycles. The van der Waals surface area contributed by atoms with Gasteiger partial charge in [-0.2, -0.15) is 0 Å². The number of halogens is 1. The lowest BCUT2D eigenvalue weighted by molar-refractivity contribution is -0.131. The van der Waals surface area contributed by atoms with Crippen molar-refractivity contribution in [2.45, 2.75) is 39.2 Å². The summed E-state index contributed by atoms with van der Waals surface area (Å²) in [5, 5.41) is 0. The summed E-state index contributed by atoms with van der Waals surface area (Å²) in [6, 6.07) is 4.23. The fourth-order valence-electron chi connectivity index (χ4n) is 3.42. The Morgan fingerprint density at radius 2 is 1.85 bits per heavy atom. The molecule has 2 aromatic rings. The number of amides is 1. The van der Waals surface area contributed by atoms with Crippen molar-refractivity contribution in [2.75, 3.05) is 26.3 Å². The molecule has 1 fully saturated rings. The van der Waals surface area contributed by atoms with Crippen molar-refractivity contribution in [1.29, 1.82) is 0 Å². The Morgan fingerprint density at radius 1 is 1.19 bits per heavy atom. The lowest BCUT2D eigenvalue weighted by Crippen LogP contribution is -2.39. The number of carbonyl (C=O) groups is 1. The first kappa shape index (κ1) is 19.7. The molecule has 1 aromatic heterocycles. The summed E-state index contributed by atoms with van der Waals surface area (Å²) in [5.41, 5.74) is 0.920. The minimum absolute atomic E-state index is 0.145. The summed E-state index contributed by atoms with van der Waals surface area (Å²) in [7, 11) is 0. The normalized spacial score (nSPS) is 15.0. The first-order valence-corrected chi connectivity index (χ1v) is 10.2. The number of ether oxygens (including phenoxy) is 2. The Kier molecular flexibility index (Phi) is 6.77. The maximum Gasteiger partial charge on any atom is 0.227 e. The van der Waals surface area contributed by atoms with E-state index in [1.165, 1.54) is 0 Å². The van der Waals surface area contributed by atoms with Crippen LogP contribution in [0.5, 0.6) is 11.5 Å². The third-order valence-electron chi connectivity index (χ3n) is 4.82. The molecule has 0 spiro atoms. The number of hydrogen-bond acceptors (Lipinski definition) is 4. The van der Waals surface area contributed by atoms with E-state index in [9.17, 15) is 4.79 Å². The van der Waals surface area contributed by atoms with Crippen LogP contribution in [0.25, 0.3) is 0 Å². The van der Waals surface area contributed by atoms with Crippen LogP contribution in [-0.4, -0.2) is 46.7 Å². The third-order valence-corrected chi connectivity index (χ3v) is 5.56. The minimum Gasteiger partial charge on any atom is -0.490 e. The topological polar surface area (TPSA) is 56.6 Å².